The number of nitrogens with zero attached hydrogens (tertiary/aromatic N) is 7. The fourth-order valence-corrected chi connectivity index (χ4v) is 7.59. The van der Waals surface area contributed by atoms with Crippen LogP contribution in [0.25, 0.3) is 11.3 Å². The van der Waals surface area contributed by atoms with Crippen LogP contribution in [0, 0.1) is 0 Å². The van der Waals surface area contributed by atoms with Crippen molar-refractivity contribution in [1.29, 1.82) is 0 Å². The van der Waals surface area contributed by atoms with Crippen LogP contribution in [0.3, 0.4) is 0 Å². The molecule has 0 amide bonds. The maximum Gasteiger partial charge on any atom is 0.434 e. The summed E-state index contributed by atoms with van der Waals surface area (Å²) in [5.74, 6) is 1.64. The van der Waals surface area contributed by atoms with Gasteiger partial charge in [-0.25, -0.2) is 15.0 Å². The van der Waals surface area contributed by atoms with Gasteiger partial charge >= 0.3 is 6.18 Å². The molecular formula is C28H34F3N7O. The summed E-state index contributed by atoms with van der Waals surface area (Å²) in [6, 6.07) is 1.14. The second kappa shape index (κ2) is 9.04. The molecule has 2 atom stereocenters. The normalized spacial score (nSPS) is 27.1. The third-order valence-corrected chi connectivity index (χ3v) is 9.45. The summed E-state index contributed by atoms with van der Waals surface area (Å²) in [5.41, 5.74) is 4.75. The molecule has 7 rings (SSSR count). The van der Waals surface area contributed by atoms with Crippen molar-refractivity contribution >= 4 is 0 Å². The van der Waals surface area contributed by atoms with Crippen LogP contribution < -0.4 is 4.74 Å². The lowest BCUT2D eigenvalue weighted by Crippen LogP contribution is -2.46. The van der Waals surface area contributed by atoms with Crippen molar-refractivity contribution in [1.82, 2.24) is 34.2 Å². The molecule has 2 saturated carbocycles. The lowest BCUT2D eigenvalue weighted by atomic mass is 9.82. The largest absolute Gasteiger partial charge is 0.480 e. The van der Waals surface area contributed by atoms with E-state index in [0.29, 0.717) is 29.7 Å². The summed E-state index contributed by atoms with van der Waals surface area (Å²) in [6.45, 7) is 0. The van der Waals surface area contributed by atoms with E-state index in [4.69, 9.17) is 9.84 Å². The zero-order valence-corrected chi connectivity index (χ0v) is 22.6. The molecule has 39 heavy (non-hydrogen) atoms. The molecule has 0 radical (unpaired) electrons. The second-order valence-electron chi connectivity index (χ2n) is 11.7. The maximum absolute atomic E-state index is 13.2. The molecule has 0 N–H and O–H groups in total. The number of ether oxygens (including phenoxy) is 1. The van der Waals surface area contributed by atoms with E-state index >= 15 is 0 Å². The Morgan fingerprint density at radius 1 is 0.923 bits per heavy atom. The Morgan fingerprint density at radius 2 is 1.64 bits per heavy atom. The number of halogens is 3. The molecule has 2 bridgehead atoms. The van der Waals surface area contributed by atoms with E-state index in [1.165, 1.54) is 11.3 Å². The van der Waals surface area contributed by atoms with Crippen LogP contribution in [0.15, 0.2) is 12.5 Å². The Morgan fingerprint density at radius 3 is 2.31 bits per heavy atom. The summed E-state index contributed by atoms with van der Waals surface area (Å²) >= 11 is 0. The number of hydrogen-bond acceptors (Lipinski definition) is 6. The van der Waals surface area contributed by atoms with E-state index in [0.717, 1.165) is 80.9 Å². The highest BCUT2D eigenvalue weighted by Crippen LogP contribution is 2.53. The van der Waals surface area contributed by atoms with Crippen LogP contribution in [0.1, 0.15) is 97.7 Å². The van der Waals surface area contributed by atoms with Crippen molar-refractivity contribution in [2.75, 3.05) is 7.11 Å². The number of fused-ring (bicyclic) bond motifs is 4. The van der Waals surface area contributed by atoms with Crippen molar-refractivity contribution in [2.24, 2.45) is 14.1 Å². The highest BCUT2D eigenvalue weighted by molar-refractivity contribution is 5.73. The minimum absolute atomic E-state index is 0.0566. The van der Waals surface area contributed by atoms with Gasteiger partial charge in [0.2, 0.25) is 5.88 Å². The molecule has 208 valence electrons. The first kappa shape index (κ1) is 25.0. The average molecular weight is 542 g/mol. The Bertz CT molecular complexity index is 1400. The number of imidazole rings is 1. The van der Waals surface area contributed by atoms with Gasteiger partial charge in [0.15, 0.2) is 5.69 Å². The number of alkyl halides is 3. The average Bonchev–Trinajstić information content (AvgIpc) is 3.52. The van der Waals surface area contributed by atoms with Crippen LogP contribution in [-0.2, 0) is 26.7 Å². The quantitative estimate of drug-likeness (QED) is 0.436. The molecule has 1 saturated heterocycles. The van der Waals surface area contributed by atoms with Gasteiger partial charge in [0.1, 0.15) is 17.8 Å². The van der Waals surface area contributed by atoms with E-state index in [2.05, 4.69) is 19.9 Å². The molecule has 4 aliphatic rings. The van der Waals surface area contributed by atoms with Crippen LogP contribution in [-0.4, -0.2) is 53.4 Å². The van der Waals surface area contributed by atoms with E-state index in [1.807, 2.05) is 11.7 Å². The number of aromatic nitrogens is 6. The van der Waals surface area contributed by atoms with Gasteiger partial charge in [-0.05, 0) is 51.4 Å². The number of rotatable bonds is 5. The summed E-state index contributed by atoms with van der Waals surface area (Å²) in [4.78, 5) is 15.9. The van der Waals surface area contributed by atoms with E-state index < -0.39 is 11.9 Å². The first-order valence-electron chi connectivity index (χ1n) is 14.1. The minimum Gasteiger partial charge on any atom is -0.480 e. The Kier molecular flexibility index (Phi) is 5.81. The molecule has 8 nitrogen and oxygen atoms in total. The van der Waals surface area contributed by atoms with E-state index in [1.54, 1.807) is 25.1 Å². The molecule has 2 unspecified atom stereocenters. The van der Waals surface area contributed by atoms with Gasteiger partial charge in [-0.3, -0.25) is 9.58 Å². The predicted molar refractivity (Wildman–Crippen MR) is 137 cm³/mol. The van der Waals surface area contributed by atoms with Crippen molar-refractivity contribution in [2.45, 2.75) is 93.9 Å². The monoisotopic (exact) mass is 541 g/mol. The summed E-state index contributed by atoms with van der Waals surface area (Å²) in [5, 5.41) is 5.05. The number of hydrogen-bond donors (Lipinski definition) is 0. The van der Waals surface area contributed by atoms with Gasteiger partial charge in [-0.2, -0.15) is 18.3 Å². The van der Waals surface area contributed by atoms with Crippen molar-refractivity contribution in [3.63, 3.8) is 0 Å². The summed E-state index contributed by atoms with van der Waals surface area (Å²) in [6.07, 6.45) is 7.37. The third kappa shape index (κ3) is 4.06. The number of aryl methyl sites for hydroxylation is 2. The first-order chi connectivity index (χ1) is 18.7. The second-order valence-corrected chi connectivity index (χ2v) is 11.7. The molecule has 2 aliphatic heterocycles. The standard InChI is InChI=1S/C28H34F3N7O/c1-36-13-21(28(29,30)31)34-26(36)16-6-8-17(9-7-16)38-18-10-11-19(38)22-20(12-18)37(2)35-25(22)23-24(15-4-5-15)32-14-33-27(23)39-3/h13-19H,4-12H2,1-3H3. The molecule has 11 heteroatoms. The Hall–Kier alpha value is -2.95. The Balaban J connectivity index is 1.18. The lowest BCUT2D eigenvalue weighted by Gasteiger charge is -2.43. The van der Waals surface area contributed by atoms with Gasteiger partial charge in [0, 0.05) is 67.9 Å². The fraction of sp³-hybridized carbons (Fsp3) is 0.643. The van der Waals surface area contributed by atoms with Crippen molar-refractivity contribution in [3.8, 4) is 17.1 Å². The van der Waals surface area contributed by atoms with E-state index in [-0.39, 0.29) is 12.0 Å². The molecule has 3 aromatic heterocycles. The smallest absolute Gasteiger partial charge is 0.434 e. The van der Waals surface area contributed by atoms with Crippen LogP contribution in [0.5, 0.6) is 5.88 Å². The molecule has 3 fully saturated rings. The highest BCUT2D eigenvalue weighted by atomic mass is 19.4. The summed E-state index contributed by atoms with van der Waals surface area (Å²) < 4.78 is 49.1. The van der Waals surface area contributed by atoms with Crippen LogP contribution in [0.4, 0.5) is 13.2 Å². The van der Waals surface area contributed by atoms with Gasteiger partial charge in [-0.1, -0.05) is 0 Å². The van der Waals surface area contributed by atoms with Gasteiger partial charge in [0.25, 0.3) is 0 Å². The zero-order chi connectivity index (χ0) is 27.1. The van der Waals surface area contributed by atoms with Crippen LogP contribution >= 0.6 is 0 Å². The van der Waals surface area contributed by atoms with Gasteiger partial charge in [-0.15, -0.1) is 0 Å². The predicted octanol–water partition coefficient (Wildman–Crippen LogP) is 5.30. The fourth-order valence-electron chi connectivity index (χ4n) is 7.59. The Labute approximate surface area is 225 Å². The maximum atomic E-state index is 13.2. The van der Waals surface area contributed by atoms with Gasteiger partial charge < -0.3 is 9.30 Å². The van der Waals surface area contributed by atoms with E-state index in [9.17, 15) is 13.2 Å². The summed E-state index contributed by atoms with van der Waals surface area (Å²) in [7, 11) is 5.38. The minimum atomic E-state index is -4.41. The SMILES string of the molecule is COc1ncnc(C2CC2)c1-c1nn(C)c2c1C1CCC(C2)N1C1CCC(c2nc(C(F)(F)F)cn2C)CC1. The zero-order valence-electron chi connectivity index (χ0n) is 22.6. The van der Waals surface area contributed by atoms with Gasteiger partial charge in [0.05, 0.1) is 18.4 Å². The third-order valence-electron chi connectivity index (χ3n) is 9.45. The van der Waals surface area contributed by atoms with Crippen molar-refractivity contribution in [3.05, 3.63) is 41.0 Å². The lowest BCUT2D eigenvalue weighted by molar-refractivity contribution is -0.141. The van der Waals surface area contributed by atoms with Crippen LogP contribution in [0.2, 0.25) is 0 Å². The van der Waals surface area contributed by atoms with Crippen molar-refractivity contribution < 1.29 is 17.9 Å². The molecule has 3 aromatic rings. The first-order valence-corrected chi connectivity index (χ1v) is 14.1. The molecule has 0 spiro atoms. The molecule has 2 aliphatic carbocycles. The topological polar surface area (TPSA) is 73.9 Å². The highest BCUT2D eigenvalue weighted by Gasteiger charge is 2.48. The number of methoxy groups -OCH3 is 1. The molecule has 0 aromatic carbocycles. The molecular weight excluding hydrogens is 507 g/mol. The molecule has 5 heterocycles.